The summed E-state index contributed by atoms with van der Waals surface area (Å²) in [6, 6.07) is 10.8. The summed E-state index contributed by atoms with van der Waals surface area (Å²) in [7, 11) is 1.56. The standard InChI is InChI=1S/C15H18N4O/c1-20-14-17-9-11(10-18-14)13(19-16)15(7-8-15)12-5-3-2-4-6-12/h2-6,9-10,13,19H,7-8,16H2,1H3. The number of hydrogen-bond donors (Lipinski definition) is 2. The topological polar surface area (TPSA) is 73.1 Å². The number of nitrogens with zero attached hydrogens (tertiary/aromatic N) is 2. The number of nitrogens with two attached hydrogens (primary N) is 1. The third-order valence-corrected chi connectivity index (χ3v) is 4.02. The van der Waals surface area contributed by atoms with Crippen LogP contribution >= 0.6 is 0 Å². The Bertz CT molecular complexity index is 566. The van der Waals surface area contributed by atoms with Gasteiger partial charge in [0.15, 0.2) is 0 Å². The van der Waals surface area contributed by atoms with Crippen LogP contribution < -0.4 is 16.0 Å². The molecule has 0 amide bonds. The Morgan fingerprint density at radius 3 is 2.35 bits per heavy atom. The monoisotopic (exact) mass is 270 g/mol. The van der Waals surface area contributed by atoms with Crippen LogP contribution in [0.2, 0.25) is 0 Å². The van der Waals surface area contributed by atoms with Gasteiger partial charge in [-0.25, -0.2) is 9.97 Å². The minimum Gasteiger partial charge on any atom is -0.467 e. The van der Waals surface area contributed by atoms with E-state index in [4.69, 9.17) is 10.6 Å². The van der Waals surface area contributed by atoms with Crippen LogP contribution in [0, 0.1) is 0 Å². The molecule has 1 aliphatic carbocycles. The highest BCUT2D eigenvalue weighted by atomic mass is 16.5. The van der Waals surface area contributed by atoms with Crippen molar-refractivity contribution in [2.45, 2.75) is 24.3 Å². The van der Waals surface area contributed by atoms with E-state index in [0.717, 1.165) is 18.4 Å². The van der Waals surface area contributed by atoms with Crippen LogP contribution in [-0.4, -0.2) is 17.1 Å². The highest BCUT2D eigenvalue weighted by molar-refractivity contribution is 5.37. The van der Waals surface area contributed by atoms with Crippen molar-refractivity contribution in [1.82, 2.24) is 15.4 Å². The molecule has 3 N–H and O–H groups in total. The highest BCUT2D eigenvalue weighted by Gasteiger charge is 2.51. The number of methoxy groups -OCH3 is 1. The van der Waals surface area contributed by atoms with Gasteiger partial charge in [0.1, 0.15) is 0 Å². The van der Waals surface area contributed by atoms with Crippen LogP contribution in [0.5, 0.6) is 6.01 Å². The number of hydrogen-bond acceptors (Lipinski definition) is 5. The quantitative estimate of drug-likeness (QED) is 0.639. The second-order valence-electron chi connectivity index (χ2n) is 5.12. The van der Waals surface area contributed by atoms with Crippen LogP contribution in [-0.2, 0) is 5.41 Å². The molecule has 1 saturated carbocycles. The van der Waals surface area contributed by atoms with E-state index in [1.807, 2.05) is 6.07 Å². The molecular formula is C15H18N4O. The first-order chi connectivity index (χ1) is 9.80. The summed E-state index contributed by atoms with van der Waals surface area (Å²) in [5, 5.41) is 0. The number of rotatable bonds is 5. The molecule has 1 aliphatic rings. The maximum absolute atomic E-state index is 5.80. The van der Waals surface area contributed by atoms with E-state index in [1.54, 1.807) is 19.5 Å². The van der Waals surface area contributed by atoms with E-state index >= 15 is 0 Å². The van der Waals surface area contributed by atoms with Crippen molar-refractivity contribution in [3.63, 3.8) is 0 Å². The molecule has 20 heavy (non-hydrogen) atoms. The first-order valence-corrected chi connectivity index (χ1v) is 6.68. The summed E-state index contributed by atoms with van der Waals surface area (Å²) in [4.78, 5) is 8.34. The Labute approximate surface area is 118 Å². The van der Waals surface area contributed by atoms with E-state index in [-0.39, 0.29) is 11.5 Å². The van der Waals surface area contributed by atoms with Crippen LogP contribution in [0.1, 0.15) is 30.0 Å². The second kappa shape index (κ2) is 5.19. The zero-order valence-corrected chi connectivity index (χ0v) is 11.4. The molecule has 1 aromatic carbocycles. The summed E-state index contributed by atoms with van der Waals surface area (Å²) in [5.74, 6) is 5.80. The van der Waals surface area contributed by atoms with E-state index in [0.29, 0.717) is 6.01 Å². The van der Waals surface area contributed by atoms with Crippen molar-refractivity contribution < 1.29 is 4.74 Å². The van der Waals surface area contributed by atoms with Crippen molar-refractivity contribution in [1.29, 1.82) is 0 Å². The SMILES string of the molecule is COc1ncc(C(NN)C2(c3ccccc3)CC2)cn1. The molecule has 1 fully saturated rings. The smallest absolute Gasteiger partial charge is 0.316 e. The van der Waals surface area contributed by atoms with Gasteiger partial charge in [-0.3, -0.25) is 11.3 Å². The zero-order valence-electron chi connectivity index (χ0n) is 11.4. The molecule has 1 atom stereocenters. The molecule has 0 saturated heterocycles. The number of aromatic nitrogens is 2. The lowest BCUT2D eigenvalue weighted by molar-refractivity contribution is 0.376. The van der Waals surface area contributed by atoms with Gasteiger partial charge in [0.05, 0.1) is 13.2 Å². The van der Waals surface area contributed by atoms with Crippen LogP contribution in [0.25, 0.3) is 0 Å². The molecule has 1 unspecified atom stereocenters. The molecule has 104 valence electrons. The average molecular weight is 270 g/mol. The summed E-state index contributed by atoms with van der Waals surface area (Å²) < 4.78 is 4.99. The zero-order chi connectivity index (χ0) is 14.0. The van der Waals surface area contributed by atoms with Crippen LogP contribution in [0.3, 0.4) is 0 Å². The van der Waals surface area contributed by atoms with Crippen LogP contribution in [0.15, 0.2) is 42.7 Å². The van der Waals surface area contributed by atoms with Crippen molar-refractivity contribution in [2.75, 3.05) is 7.11 Å². The molecule has 0 radical (unpaired) electrons. The fraction of sp³-hybridized carbons (Fsp3) is 0.333. The Balaban J connectivity index is 1.93. The van der Waals surface area contributed by atoms with Gasteiger partial charge in [0, 0.05) is 23.4 Å². The minimum atomic E-state index is 0.0100. The Kier molecular flexibility index (Phi) is 3.38. The molecule has 3 rings (SSSR count). The molecule has 1 heterocycles. The molecule has 5 nitrogen and oxygen atoms in total. The maximum atomic E-state index is 5.80. The molecule has 2 aromatic rings. The first kappa shape index (κ1) is 13.0. The van der Waals surface area contributed by atoms with Gasteiger partial charge in [0.25, 0.3) is 0 Å². The van der Waals surface area contributed by atoms with Crippen molar-refractivity contribution >= 4 is 0 Å². The molecular weight excluding hydrogens is 252 g/mol. The number of ether oxygens (including phenoxy) is 1. The molecule has 1 aromatic heterocycles. The van der Waals surface area contributed by atoms with Gasteiger partial charge < -0.3 is 4.74 Å². The molecule has 0 aliphatic heterocycles. The van der Waals surface area contributed by atoms with Gasteiger partial charge in [-0.15, -0.1) is 0 Å². The van der Waals surface area contributed by atoms with Crippen molar-refractivity contribution in [3.05, 3.63) is 53.9 Å². The molecule has 0 bridgehead atoms. The summed E-state index contributed by atoms with van der Waals surface area (Å²) >= 11 is 0. The van der Waals surface area contributed by atoms with E-state index in [1.165, 1.54) is 5.56 Å². The first-order valence-electron chi connectivity index (χ1n) is 6.68. The normalized spacial score (nSPS) is 17.5. The summed E-state index contributed by atoms with van der Waals surface area (Å²) in [6.45, 7) is 0. The fourth-order valence-electron chi connectivity index (χ4n) is 2.80. The Morgan fingerprint density at radius 1 is 1.20 bits per heavy atom. The highest BCUT2D eigenvalue weighted by Crippen LogP contribution is 2.56. The van der Waals surface area contributed by atoms with Crippen molar-refractivity contribution in [3.8, 4) is 6.01 Å². The second-order valence-corrected chi connectivity index (χ2v) is 5.12. The Morgan fingerprint density at radius 2 is 1.85 bits per heavy atom. The average Bonchev–Trinajstić information content (AvgIpc) is 3.31. The fourth-order valence-corrected chi connectivity index (χ4v) is 2.80. The lowest BCUT2D eigenvalue weighted by Crippen LogP contribution is -2.37. The Hall–Kier alpha value is -1.98. The lowest BCUT2D eigenvalue weighted by atomic mass is 9.85. The lowest BCUT2D eigenvalue weighted by Gasteiger charge is -2.26. The van der Waals surface area contributed by atoms with E-state index < -0.39 is 0 Å². The molecule has 0 spiro atoms. The predicted octanol–water partition coefficient (Wildman–Crippen LogP) is 1.72. The van der Waals surface area contributed by atoms with E-state index in [9.17, 15) is 0 Å². The number of hydrazine groups is 1. The molecule has 5 heteroatoms. The van der Waals surface area contributed by atoms with Gasteiger partial charge in [-0.05, 0) is 18.4 Å². The third kappa shape index (κ3) is 2.15. The minimum absolute atomic E-state index is 0.0100. The summed E-state index contributed by atoms with van der Waals surface area (Å²) in [6.07, 6.45) is 5.77. The van der Waals surface area contributed by atoms with Gasteiger partial charge in [-0.1, -0.05) is 30.3 Å². The third-order valence-electron chi connectivity index (χ3n) is 4.02. The predicted molar refractivity (Wildman–Crippen MR) is 76.0 cm³/mol. The van der Waals surface area contributed by atoms with Crippen molar-refractivity contribution in [2.24, 2.45) is 5.84 Å². The van der Waals surface area contributed by atoms with Gasteiger partial charge in [0.2, 0.25) is 0 Å². The number of nitrogens with one attached hydrogen (secondary N) is 1. The maximum Gasteiger partial charge on any atom is 0.316 e. The summed E-state index contributed by atoms with van der Waals surface area (Å²) in [5.41, 5.74) is 5.27. The van der Waals surface area contributed by atoms with Gasteiger partial charge >= 0.3 is 6.01 Å². The van der Waals surface area contributed by atoms with E-state index in [2.05, 4.69) is 39.7 Å². The van der Waals surface area contributed by atoms with Gasteiger partial charge in [-0.2, -0.15) is 0 Å². The number of benzene rings is 1. The largest absolute Gasteiger partial charge is 0.467 e. The van der Waals surface area contributed by atoms with Crippen LogP contribution in [0.4, 0.5) is 0 Å².